The zero-order valence-corrected chi connectivity index (χ0v) is 6.63. The van der Waals surface area contributed by atoms with E-state index in [4.69, 9.17) is 18.0 Å². The van der Waals surface area contributed by atoms with Gasteiger partial charge in [0.1, 0.15) is 5.84 Å². The Hall–Kier alpha value is -0.290. The van der Waals surface area contributed by atoms with Crippen molar-refractivity contribution < 1.29 is 0 Å². The lowest BCUT2D eigenvalue weighted by molar-refractivity contribution is 0.561. The summed E-state index contributed by atoms with van der Waals surface area (Å²) in [6.07, 6.45) is 0. The summed E-state index contributed by atoms with van der Waals surface area (Å²) in [6.45, 7) is 0. The number of hydrogen-bond donors (Lipinski definition) is 1. The summed E-state index contributed by atoms with van der Waals surface area (Å²) in [4.78, 5) is 0. The lowest BCUT2D eigenvalue weighted by atomic mass is 10.7. The standard InChI is InChI=1S/C4H7N3S2/c1-7-4(8)9-2-3(5)6-7/h2H2,1H3,(H2,5,6). The predicted octanol–water partition coefficient (Wildman–Crippen LogP) is 0.222. The summed E-state index contributed by atoms with van der Waals surface area (Å²) in [5.41, 5.74) is 5.42. The van der Waals surface area contributed by atoms with Crippen LogP contribution in [0.4, 0.5) is 0 Å². The molecule has 0 radical (unpaired) electrons. The molecule has 9 heavy (non-hydrogen) atoms. The van der Waals surface area contributed by atoms with Gasteiger partial charge in [-0.05, 0) is 0 Å². The first kappa shape index (κ1) is 6.82. The Morgan fingerprint density at radius 1 is 1.89 bits per heavy atom. The van der Waals surface area contributed by atoms with E-state index >= 15 is 0 Å². The van der Waals surface area contributed by atoms with Crippen LogP contribution in [0.3, 0.4) is 0 Å². The average molecular weight is 161 g/mol. The molecule has 0 atom stereocenters. The largest absolute Gasteiger partial charge is 0.385 e. The molecular formula is C4H7N3S2. The summed E-state index contributed by atoms with van der Waals surface area (Å²) in [5.74, 6) is 1.36. The number of rotatable bonds is 0. The van der Waals surface area contributed by atoms with Crippen LogP contribution in [0.15, 0.2) is 5.10 Å². The summed E-state index contributed by atoms with van der Waals surface area (Å²) in [5, 5.41) is 5.54. The van der Waals surface area contributed by atoms with Gasteiger partial charge in [0, 0.05) is 7.05 Å². The van der Waals surface area contributed by atoms with Gasteiger partial charge < -0.3 is 5.73 Å². The fourth-order valence-corrected chi connectivity index (χ4v) is 1.27. The molecule has 0 aromatic carbocycles. The van der Waals surface area contributed by atoms with Crippen LogP contribution in [0.5, 0.6) is 0 Å². The van der Waals surface area contributed by atoms with Crippen LogP contribution in [-0.2, 0) is 0 Å². The van der Waals surface area contributed by atoms with E-state index in [2.05, 4.69) is 5.10 Å². The van der Waals surface area contributed by atoms with Crippen LogP contribution in [0, 0.1) is 0 Å². The highest BCUT2D eigenvalue weighted by Gasteiger charge is 2.10. The van der Waals surface area contributed by atoms with Crippen LogP contribution in [-0.4, -0.2) is 28.0 Å². The second kappa shape index (κ2) is 2.53. The van der Waals surface area contributed by atoms with Gasteiger partial charge in [-0.3, -0.25) is 5.01 Å². The van der Waals surface area contributed by atoms with E-state index in [0.717, 1.165) is 10.1 Å². The van der Waals surface area contributed by atoms with Gasteiger partial charge in [0.15, 0.2) is 4.32 Å². The van der Waals surface area contributed by atoms with Gasteiger partial charge >= 0.3 is 0 Å². The van der Waals surface area contributed by atoms with Crippen molar-refractivity contribution >= 4 is 34.1 Å². The Bertz CT molecular complexity index is 165. The molecule has 0 saturated carbocycles. The van der Waals surface area contributed by atoms with Gasteiger partial charge in [-0.15, -0.1) is 0 Å². The molecule has 1 aliphatic heterocycles. The Morgan fingerprint density at radius 2 is 2.56 bits per heavy atom. The Balaban J connectivity index is 2.69. The SMILES string of the molecule is CN1N=C(N)CSC1=S. The molecule has 3 nitrogen and oxygen atoms in total. The number of hydrazone groups is 1. The van der Waals surface area contributed by atoms with E-state index in [1.807, 2.05) is 0 Å². The minimum atomic E-state index is 0.635. The normalized spacial score (nSPS) is 19.9. The smallest absolute Gasteiger partial charge is 0.156 e. The van der Waals surface area contributed by atoms with Crippen LogP contribution in [0.25, 0.3) is 0 Å². The van der Waals surface area contributed by atoms with E-state index in [9.17, 15) is 0 Å². The highest BCUT2D eigenvalue weighted by Crippen LogP contribution is 2.12. The van der Waals surface area contributed by atoms with E-state index in [0.29, 0.717) is 5.84 Å². The topological polar surface area (TPSA) is 41.6 Å². The van der Waals surface area contributed by atoms with Gasteiger partial charge in [-0.2, -0.15) is 5.10 Å². The minimum absolute atomic E-state index is 0.635. The zero-order valence-electron chi connectivity index (χ0n) is 5.00. The van der Waals surface area contributed by atoms with Crippen molar-refractivity contribution in [3.8, 4) is 0 Å². The maximum absolute atomic E-state index is 5.42. The summed E-state index contributed by atoms with van der Waals surface area (Å²) in [6, 6.07) is 0. The van der Waals surface area contributed by atoms with Crippen molar-refractivity contribution in [1.29, 1.82) is 0 Å². The first-order valence-corrected chi connectivity index (χ1v) is 3.83. The van der Waals surface area contributed by atoms with Gasteiger partial charge in [-0.25, -0.2) is 0 Å². The molecule has 0 fully saturated rings. The molecule has 0 aromatic rings. The van der Waals surface area contributed by atoms with Crippen LogP contribution >= 0.6 is 24.0 Å². The lowest BCUT2D eigenvalue weighted by Crippen LogP contribution is -2.29. The molecule has 1 aliphatic rings. The number of hydrogen-bond acceptors (Lipinski definition) is 4. The molecule has 0 unspecified atom stereocenters. The minimum Gasteiger partial charge on any atom is -0.385 e. The molecule has 0 amide bonds. The summed E-state index contributed by atoms with van der Waals surface area (Å²) >= 11 is 6.44. The zero-order chi connectivity index (χ0) is 6.85. The first-order chi connectivity index (χ1) is 4.20. The molecule has 2 N–H and O–H groups in total. The molecule has 0 aliphatic carbocycles. The third kappa shape index (κ3) is 1.56. The van der Waals surface area contributed by atoms with Gasteiger partial charge in [-0.1, -0.05) is 24.0 Å². The molecule has 50 valence electrons. The number of nitrogens with two attached hydrogens (primary N) is 1. The fraction of sp³-hybridized carbons (Fsp3) is 0.500. The Labute approximate surface area is 63.3 Å². The fourth-order valence-electron chi connectivity index (χ4n) is 0.491. The second-order valence-electron chi connectivity index (χ2n) is 1.67. The number of thioether (sulfide) groups is 1. The summed E-state index contributed by atoms with van der Waals surface area (Å²) in [7, 11) is 1.79. The lowest BCUT2D eigenvalue weighted by Gasteiger charge is -2.18. The first-order valence-electron chi connectivity index (χ1n) is 2.43. The van der Waals surface area contributed by atoms with Crippen LogP contribution in [0.2, 0.25) is 0 Å². The van der Waals surface area contributed by atoms with Gasteiger partial charge in [0.25, 0.3) is 0 Å². The molecule has 1 rings (SSSR count). The van der Waals surface area contributed by atoms with Crippen molar-refractivity contribution in [1.82, 2.24) is 5.01 Å². The van der Waals surface area contributed by atoms with E-state index in [1.165, 1.54) is 11.8 Å². The number of amidine groups is 1. The summed E-state index contributed by atoms with van der Waals surface area (Å²) < 4.78 is 0.782. The van der Waals surface area contributed by atoms with E-state index in [-0.39, 0.29) is 0 Å². The average Bonchev–Trinajstić information content (AvgIpc) is 1.80. The van der Waals surface area contributed by atoms with Crippen molar-refractivity contribution in [3.63, 3.8) is 0 Å². The van der Waals surface area contributed by atoms with Crippen LogP contribution < -0.4 is 5.73 Å². The van der Waals surface area contributed by atoms with Crippen molar-refractivity contribution in [2.45, 2.75) is 0 Å². The monoisotopic (exact) mass is 161 g/mol. The maximum Gasteiger partial charge on any atom is 0.156 e. The van der Waals surface area contributed by atoms with E-state index < -0.39 is 0 Å². The number of thiocarbonyl (C=S) groups is 1. The Morgan fingerprint density at radius 3 is 3.00 bits per heavy atom. The van der Waals surface area contributed by atoms with Crippen molar-refractivity contribution in [3.05, 3.63) is 0 Å². The molecule has 5 heteroatoms. The van der Waals surface area contributed by atoms with Crippen LogP contribution in [0.1, 0.15) is 0 Å². The molecule has 0 bridgehead atoms. The highest BCUT2D eigenvalue weighted by atomic mass is 32.2. The van der Waals surface area contributed by atoms with Crippen molar-refractivity contribution in [2.24, 2.45) is 10.8 Å². The molecule has 0 spiro atoms. The quantitative estimate of drug-likeness (QED) is 0.516. The highest BCUT2D eigenvalue weighted by molar-refractivity contribution is 8.23. The number of nitrogens with zero attached hydrogens (tertiary/aromatic N) is 2. The van der Waals surface area contributed by atoms with Gasteiger partial charge in [0.05, 0.1) is 5.75 Å². The third-order valence-corrected chi connectivity index (χ3v) is 2.46. The van der Waals surface area contributed by atoms with Gasteiger partial charge in [0.2, 0.25) is 0 Å². The van der Waals surface area contributed by atoms with E-state index in [1.54, 1.807) is 12.1 Å². The molecular weight excluding hydrogens is 154 g/mol. The predicted molar refractivity (Wildman–Crippen MR) is 44.4 cm³/mol. The maximum atomic E-state index is 5.42. The molecule has 1 heterocycles. The molecule has 0 aromatic heterocycles. The second-order valence-corrected chi connectivity index (χ2v) is 3.28. The third-order valence-electron chi connectivity index (χ3n) is 0.886. The Kier molecular flexibility index (Phi) is 1.92. The molecule has 0 saturated heterocycles. The van der Waals surface area contributed by atoms with Crippen molar-refractivity contribution in [2.75, 3.05) is 12.8 Å².